The molecule has 1 fully saturated rings. The fraction of sp³-hybridized carbons (Fsp3) is 0.435. The molecule has 180 valence electrons. The third-order valence-corrected chi connectivity index (χ3v) is 9.67. The second-order valence-electron chi connectivity index (χ2n) is 7.92. The standard InChI is InChI=1S/C23H31N3O5S2/c1-3-25(4-2)32(28,29)21-13-9-11-19(17-21)23(27)24-20-12-10-14-22(18-20)33(30,31)26-15-7-5-6-8-16-26/h9-14,17-18H,3-8,15-16H2,1-2H3,(H,24,27). The largest absolute Gasteiger partial charge is 0.322 e. The minimum absolute atomic E-state index is 0.0383. The molecule has 2 aromatic rings. The number of carbonyl (C=O) groups excluding carboxylic acids is 1. The SMILES string of the molecule is CCN(CC)S(=O)(=O)c1cccc(C(=O)Nc2cccc(S(=O)(=O)N3CCCCCC3)c2)c1. The Morgan fingerprint density at radius 2 is 1.48 bits per heavy atom. The van der Waals surface area contributed by atoms with E-state index in [9.17, 15) is 21.6 Å². The molecule has 1 N–H and O–H groups in total. The van der Waals surface area contributed by atoms with Crippen molar-refractivity contribution in [2.24, 2.45) is 0 Å². The third-order valence-electron chi connectivity index (χ3n) is 5.73. The summed E-state index contributed by atoms with van der Waals surface area (Å²) in [5.74, 6) is -0.518. The highest BCUT2D eigenvalue weighted by Crippen LogP contribution is 2.23. The highest BCUT2D eigenvalue weighted by molar-refractivity contribution is 7.89. The van der Waals surface area contributed by atoms with Gasteiger partial charge in [0.15, 0.2) is 0 Å². The van der Waals surface area contributed by atoms with Crippen molar-refractivity contribution in [3.05, 3.63) is 54.1 Å². The molecule has 1 heterocycles. The van der Waals surface area contributed by atoms with E-state index in [0.29, 0.717) is 31.9 Å². The molecule has 8 nitrogen and oxygen atoms in total. The van der Waals surface area contributed by atoms with E-state index < -0.39 is 26.0 Å². The number of nitrogens with one attached hydrogen (secondary N) is 1. The average Bonchev–Trinajstić information content (AvgIpc) is 3.10. The smallest absolute Gasteiger partial charge is 0.255 e. The summed E-state index contributed by atoms with van der Waals surface area (Å²) in [4.78, 5) is 13.0. The molecule has 1 amide bonds. The molecule has 0 atom stereocenters. The molecule has 0 bridgehead atoms. The van der Waals surface area contributed by atoms with Crippen LogP contribution in [0.15, 0.2) is 58.3 Å². The summed E-state index contributed by atoms with van der Waals surface area (Å²) in [6.45, 7) is 5.15. The first-order chi connectivity index (χ1) is 15.7. The van der Waals surface area contributed by atoms with Crippen molar-refractivity contribution in [1.29, 1.82) is 0 Å². The van der Waals surface area contributed by atoms with Crippen LogP contribution in [-0.2, 0) is 20.0 Å². The summed E-state index contributed by atoms with van der Waals surface area (Å²) in [7, 11) is -7.36. The van der Waals surface area contributed by atoms with E-state index in [0.717, 1.165) is 25.7 Å². The normalized spacial score (nSPS) is 15.8. The van der Waals surface area contributed by atoms with E-state index >= 15 is 0 Å². The number of benzene rings is 2. The predicted octanol–water partition coefficient (Wildman–Crippen LogP) is 3.53. The van der Waals surface area contributed by atoms with Crippen molar-refractivity contribution in [3.63, 3.8) is 0 Å². The highest BCUT2D eigenvalue weighted by Gasteiger charge is 2.26. The number of nitrogens with zero attached hydrogens (tertiary/aromatic N) is 2. The van der Waals surface area contributed by atoms with Crippen LogP contribution < -0.4 is 5.32 Å². The van der Waals surface area contributed by atoms with E-state index in [-0.39, 0.29) is 15.4 Å². The van der Waals surface area contributed by atoms with Gasteiger partial charge in [-0.1, -0.05) is 38.8 Å². The van der Waals surface area contributed by atoms with Gasteiger partial charge in [0.25, 0.3) is 5.91 Å². The average molecular weight is 494 g/mol. The number of amides is 1. The predicted molar refractivity (Wildman–Crippen MR) is 128 cm³/mol. The second kappa shape index (κ2) is 10.8. The van der Waals surface area contributed by atoms with Crippen molar-refractivity contribution < 1.29 is 21.6 Å². The van der Waals surface area contributed by atoms with E-state index in [2.05, 4.69) is 5.32 Å². The Morgan fingerprint density at radius 1 is 0.879 bits per heavy atom. The minimum atomic E-state index is -3.70. The highest BCUT2D eigenvalue weighted by atomic mass is 32.2. The maximum absolute atomic E-state index is 13.1. The molecule has 3 rings (SSSR count). The zero-order valence-corrected chi connectivity index (χ0v) is 20.7. The molecule has 0 unspecified atom stereocenters. The second-order valence-corrected chi connectivity index (χ2v) is 11.8. The first-order valence-electron chi connectivity index (χ1n) is 11.2. The number of hydrogen-bond donors (Lipinski definition) is 1. The van der Waals surface area contributed by atoms with Gasteiger partial charge in [0.1, 0.15) is 0 Å². The maximum atomic E-state index is 13.1. The monoisotopic (exact) mass is 493 g/mol. The van der Waals surface area contributed by atoms with Gasteiger partial charge in [0.05, 0.1) is 9.79 Å². The molecule has 0 saturated carbocycles. The Kier molecular flexibility index (Phi) is 8.28. The lowest BCUT2D eigenvalue weighted by atomic mass is 10.2. The minimum Gasteiger partial charge on any atom is -0.322 e. The third kappa shape index (κ3) is 5.81. The van der Waals surface area contributed by atoms with Gasteiger partial charge >= 0.3 is 0 Å². The number of sulfonamides is 2. The quantitative estimate of drug-likeness (QED) is 0.606. The van der Waals surface area contributed by atoms with Crippen LogP contribution in [0.25, 0.3) is 0 Å². The van der Waals surface area contributed by atoms with E-state index in [4.69, 9.17) is 0 Å². The Morgan fingerprint density at radius 3 is 2.12 bits per heavy atom. The molecule has 1 aliphatic heterocycles. The van der Waals surface area contributed by atoms with Gasteiger partial charge in [-0.25, -0.2) is 16.8 Å². The molecular formula is C23H31N3O5S2. The molecule has 1 saturated heterocycles. The Bertz CT molecular complexity index is 1180. The molecule has 33 heavy (non-hydrogen) atoms. The van der Waals surface area contributed by atoms with E-state index in [1.165, 1.54) is 45.0 Å². The summed E-state index contributed by atoms with van der Waals surface area (Å²) in [6, 6.07) is 12.0. The van der Waals surface area contributed by atoms with Crippen LogP contribution in [0, 0.1) is 0 Å². The van der Waals surface area contributed by atoms with E-state index in [1.807, 2.05) is 0 Å². The van der Waals surface area contributed by atoms with Gasteiger partial charge in [0, 0.05) is 37.4 Å². The molecule has 0 radical (unpaired) electrons. The maximum Gasteiger partial charge on any atom is 0.255 e. The van der Waals surface area contributed by atoms with Gasteiger partial charge < -0.3 is 5.32 Å². The van der Waals surface area contributed by atoms with Crippen LogP contribution in [-0.4, -0.2) is 57.5 Å². The van der Waals surface area contributed by atoms with Gasteiger partial charge in [-0.15, -0.1) is 0 Å². The fourth-order valence-electron chi connectivity index (χ4n) is 3.88. The van der Waals surface area contributed by atoms with Crippen molar-refractivity contribution in [2.45, 2.75) is 49.3 Å². The van der Waals surface area contributed by atoms with Crippen LogP contribution >= 0.6 is 0 Å². The van der Waals surface area contributed by atoms with Crippen LogP contribution in [0.3, 0.4) is 0 Å². The topological polar surface area (TPSA) is 104 Å². The Labute approximate surface area is 196 Å². The van der Waals surface area contributed by atoms with Crippen molar-refractivity contribution >= 4 is 31.6 Å². The zero-order chi connectivity index (χ0) is 24.1. The lowest BCUT2D eigenvalue weighted by Crippen LogP contribution is -2.32. The lowest BCUT2D eigenvalue weighted by molar-refractivity contribution is 0.102. The van der Waals surface area contributed by atoms with Gasteiger partial charge in [0.2, 0.25) is 20.0 Å². The van der Waals surface area contributed by atoms with Crippen LogP contribution in [0.5, 0.6) is 0 Å². The molecule has 0 spiro atoms. The fourth-order valence-corrected chi connectivity index (χ4v) is 6.95. The number of rotatable bonds is 8. The molecule has 10 heteroatoms. The summed E-state index contributed by atoms with van der Waals surface area (Å²) < 4.78 is 54.5. The van der Waals surface area contributed by atoms with Crippen molar-refractivity contribution in [2.75, 3.05) is 31.5 Å². The van der Waals surface area contributed by atoms with Gasteiger partial charge in [-0.05, 0) is 49.2 Å². The summed E-state index contributed by atoms with van der Waals surface area (Å²) in [5, 5.41) is 2.69. The molecule has 0 aliphatic carbocycles. The van der Waals surface area contributed by atoms with Crippen LogP contribution in [0.1, 0.15) is 49.9 Å². The number of hydrogen-bond acceptors (Lipinski definition) is 5. The molecule has 0 aromatic heterocycles. The molecule has 2 aromatic carbocycles. The first kappa shape index (κ1) is 25.4. The van der Waals surface area contributed by atoms with Crippen molar-refractivity contribution in [1.82, 2.24) is 8.61 Å². The number of carbonyl (C=O) groups is 1. The van der Waals surface area contributed by atoms with Gasteiger partial charge in [-0.3, -0.25) is 4.79 Å². The summed E-state index contributed by atoms with van der Waals surface area (Å²) in [5.41, 5.74) is 0.497. The Hall–Kier alpha value is -2.27. The van der Waals surface area contributed by atoms with Crippen LogP contribution in [0.2, 0.25) is 0 Å². The van der Waals surface area contributed by atoms with E-state index in [1.54, 1.807) is 26.0 Å². The molecular weight excluding hydrogens is 462 g/mol. The van der Waals surface area contributed by atoms with Crippen molar-refractivity contribution in [3.8, 4) is 0 Å². The first-order valence-corrected chi connectivity index (χ1v) is 14.1. The lowest BCUT2D eigenvalue weighted by Gasteiger charge is -2.20. The summed E-state index contributed by atoms with van der Waals surface area (Å²) >= 11 is 0. The summed E-state index contributed by atoms with van der Waals surface area (Å²) in [6.07, 6.45) is 3.71. The molecule has 1 aliphatic rings. The van der Waals surface area contributed by atoms with Gasteiger partial charge in [-0.2, -0.15) is 8.61 Å². The number of anilines is 1. The Balaban J connectivity index is 1.82. The zero-order valence-electron chi connectivity index (χ0n) is 19.0. The van der Waals surface area contributed by atoms with Crippen LogP contribution in [0.4, 0.5) is 5.69 Å².